The maximum Gasteiger partial charge on any atom is 0.326 e. The molecule has 84 valence electrons. The molecular formula is C11H23NO2. The summed E-state index contributed by atoms with van der Waals surface area (Å²) in [6, 6.07) is 0. The molecule has 0 spiro atoms. The fourth-order valence-electron chi connectivity index (χ4n) is 1.56. The predicted octanol–water partition coefficient (Wildman–Crippen LogP) is 1.96. The van der Waals surface area contributed by atoms with Gasteiger partial charge in [0, 0.05) is 0 Å². The van der Waals surface area contributed by atoms with Gasteiger partial charge in [0.15, 0.2) is 0 Å². The van der Waals surface area contributed by atoms with Crippen molar-refractivity contribution in [3.05, 3.63) is 0 Å². The zero-order valence-corrected chi connectivity index (χ0v) is 10.0. The van der Waals surface area contributed by atoms with Crippen molar-refractivity contribution in [3.63, 3.8) is 0 Å². The van der Waals surface area contributed by atoms with Crippen molar-refractivity contribution in [3.8, 4) is 0 Å². The van der Waals surface area contributed by atoms with Crippen LogP contribution in [0, 0.1) is 5.92 Å². The van der Waals surface area contributed by atoms with E-state index in [4.69, 9.17) is 4.74 Å². The van der Waals surface area contributed by atoms with Crippen molar-refractivity contribution in [2.24, 2.45) is 5.92 Å². The summed E-state index contributed by atoms with van der Waals surface area (Å²) in [5, 5.41) is 3.17. The largest absolute Gasteiger partial charge is 0.465 e. The number of ether oxygens (including phenoxy) is 1. The number of rotatable bonds is 3. The van der Waals surface area contributed by atoms with Crippen molar-refractivity contribution >= 4 is 5.97 Å². The molecule has 1 aliphatic heterocycles. The van der Waals surface area contributed by atoms with Gasteiger partial charge in [-0.15, -0.1) is 0 Å². The molecule has 1 heterocycles. The molecule has 0 aliphatic carbocycles. The second-order valence-electron chi connectivity index (χ2n) is 3.52. The summed E-state index contributed by atoms with van der Waals surface area (Å²) in [6.07, 6.45) is 0.906. The average molecular weight is 201 g/mol. The van der Waals surface area contributed by atoms with Crippen LogP contribution in [0.5, 0.6) is 0 Å². The highest BCUT2D eigenvalue weighted by Crippen LogP contribution is 2.28. The predicted molar refractivity (Wildman–Crippen MR) is 58.2 cm³/mol. The minimum atomic E-state index is -0.379. The molecule has 1 fully saturated rings. The van der Waals surface area contributed by atoms with E-state index in [1.54, 1.807) is 0 Å². The lowest BCUT2D eigenvalue weighted by atomic mass is 9.78. The summed E-state index contributed by atoms with van der Waals surface area (Å²) in [4.78, 5) is 11.5. The van der Waals surface area contributed by atoms with Crippen molar-refractivity contribution in [1.29, 1.82) is 0 Å². The van der Waals surface area contributed by atoms with Crippen LogP contribution in [0.4, 0.5) is 0 Å². The molecule has 0 aromatic heterocycles. The molecule has 1 N–H and O–H groups in total. The second kappa shape index (κ2) is 6.02. The molecule has 14 heavy (non-hydrogen) atoms. The van der Waals surface area contributed by atoms with Gasteiger partial charge < -0.3 is 10.1 Å². The Morgan fingerprint density at radius 1 is 1.50 bits per heavy atom. The third-order valence-corrected chi connectivity index (χ3v) is 2.59. The van der Waals surface area contributed by atoms with E-state index in [-0.39, 0.29) is 11.5 Å². The Bertz CT molecular complexity index is 174. The van der Waals surface area contributed by atoms with Crippen LogP contribution in [-0.2, 0) is 9.53 Å². The lowest BCUT2D eigenvalue weighted by Gasteiger charge is -2.43. The number of carbonyl (C=O) groups is 1. The van der Waals surface area contributed by atoms with E-state index in [1.807, 2.05) is 34.6 Å². The van der Waals surface area contributed by atoms with Crippen molar-refractivity contribution in [1.82, 2.24) is 5.32 Å². The summed E-state index contributed by atoms with van der Waals surface area (Å²) < 4.78 is 5.01. The maximum absolute atomic E-state index is 11.5. The first-order chi connectivity index (χ1) is 6.63. The molecule has 3 nitrogen and oxygen atoms in total. The minimum Gasteiger partial charge on any atom is -0.465 e. The molecule has 0 aromatic carbocycles. The summed E-state index contributed by atoms with van der Waals surface area (Å²) in [6.45, 7) is 11.3. The fraction of sp³-hybridized carbons (Fsp3) is 0.909. The zero-order chi connectivity index (χ0) is 11.2. The van der Waals surface area contributed by atoms with Gasteiger partial charge in [-0.2, -0.15) is 0 Å². The van der Waals surface area contributed by atoms with Crippen molar-refractivity contribution < 1.29 is 9.53 Å². The number of carbonyl (C=O) groups excluding carboxylic acids is 1. The molecule has 3 heteroatoms. The van der Waals surface area contributed by atoms with E-state index in [1.165, 1.54) is 0 Å². The summed E-state index contributed by atoms with van der Waals surface area (Å²) in [5.41, 5.74) is -0.379. The first-order valence-corrected chi connectivity index (χ1v) is 5.55. The zero-order valence-electron chi connectivity index (χ0n) is 10.0. The lowest BCUT2D eigenvalue weighted by molar-refractivity contribution is -0.157. The monoisotopic (exact) mass is 201 g/mol. The van der Waals surface area contributed by atoms with E-state index in [0.717, 1.165) is 13.0 Å². The smallest absolute Gasteiger partial charge is 0.326 e. The normalized spacial score (nSPS) is 24.7. The van der Waals surface area contributed by atoms with Gasteiger partial charge in [-0.25, -0.2) is 0 Å². The maximum atomic E-state index is 11.5. The second-order valence-corrected chi connectivity index (χ2v) is 3.52. The van der Waals surface area contributed by atoms with Gasteiger partial charge in [0.1, 0.15) is 5.54 Å². The Hall–Kier alpha value is -0.570. The topological polar surface area (TPSA) is 38.3 Å². The third-order valence-electron chi connectivity index (χ3n) is 2.59. The lowest BCUT2D eigenvalue weighted by Crippen LogP contribution is -2.66. The highest BCUT2D eigenvalue weighted by atomic mass is 16.5. The van der Waals surface area contributed by atoms with Gasteiger partial charge in [-0.1, -0.05) is 27.7 Å². The van der Waals surface area contributed by atoms with Gasteiger partial charge in [0.2, 0.25) is 0 Å². The highest BCUT2D eigenvalue weighted by molar-refractivity contribution is 5.82. The van der Waals surface area contributed by atoms with Gasteiger partial charge >= 0.3 is 5.97 Å². The van der Waals surface area contributed by atoms with Crippen LogP contribution in [-0.4, -0.2) is 24.7 Å². The van der Waals surface area contributed by atoms with Crippen LogP contribution >= 0.6 is 0 Å². The Morgan fingerprint density at radius 3 is 2.21 bits per heavy atom. The molecule has 1 unspecified atom stereocenters. The van der Waals surface area contributed by atoms with Crippen LogP contribution in [0.15, 0.2) is 0 Å². The number of hydrogen-bond donors (Lipinski definition) is 1. The SMILES string of the molecule is CC.CCOC(=O)C1(C(C)C)CCN1. The van der Waals surface area contributed by atoms with Gasteiger partial charge in [0.25, 0.3) is 0 Å². The standard InChI is InChI=1S/C9H17NO2.C2H6/c1-4-12-8(11)9(7(2)3)5-6-10-9;1-2/h7,10H,4-6H2,1-3H3;1-2H3. The van der Waals surface area contributed by atoms with Gasteiger partial charge in [0.05, 0.1) is 6.61 Å². The molecule has 1 rings (SSSR count). The van der Waals surface area contributed by atoms with Crippen molar-refractivity contribution in [2.45, 2.75) is 46.6 Å². The molecule has 0 radical (unpaired) electrons. The molecule has 0 amide bonds. The Balaban J connectivity index is 0.000000791. The summed E-state index contributed by atoms with van der Waals surface area (Å²) in [7, 11) is 0. The van der Waals surface area contributed by atoms with Crippen molar-refractivity contribution in [2.75, 3.05) is 13.2 Å². The molecule has 0 aromatic rings. The molecule has 0 saturated carbocycles. The average Bonchev–Trinajstić information content (AvgIpc) is 2.05. The molecule has 1 aliphatic rings. The van der Waals surface area contributed by atoms with E-state index in [0.29, 0.717) is 12.5 Å². The Morgan fingerprint density at radius 2 is 2.00 bits per heavy atom. The molecule has 0 bridgehead atoms. The van der Waals surface area contributed by atoms with E-state index in [9.17, 15) is 4.79 Å². The first kappa shape index (κ1) is 13.4. The molecule has 1 saturated heterocycles. The third kappa shape index (κ3) is 2.47. The van der Waals surface area contributed by atoms with Crippen LogP contribution in [0.1, 0.15) is 41.0 Å². The van der Waals surface area contributed by atoms with Crippen LogP contribution in [0.25, 0.3) is 0 Å². The summed E-state index contributed by atoms with van der Waals surface area (Å²) >= 11 is 0. The quantitative estimate of drug-likeness (QED) is 0.709. The van der Waals surface area contributed by atoms with Gasteiger partial charge in [-0.3, -0.25) is 4.79 Å². The number of esters is 1. The Kier molecular flexibility index (Phi) is 5.77. The first-order valence-electron chi connectivity index (χ1n) is 5.55. The molecular weight excluding hydrogens is 178 g/mol. The molecule has 1 atom stereocenters. The van der Waals surface area contributed by atoms with E-state index in [2.05, 4.69) is 5.32 Å². The minimum absolute atomic E-state index is 0.0914. The highest BCUT2D eigenvalue weighted by Gasteiger charge is 2.47. The number of nitrogens with one attached hydrogen (secondary N) is 1. The van der Waals surface area contributed by atoms with Crippen LogP contribution in [0.3, 0.4) is 0 Å². The van der Waals surface area contributed by atoms with Gasteiger partial charge in [-0.05, 0) is 25.8 Å². The van der Waals surface area contributed by atoms with E-state index < -0.39 is 0 Å². The van der Waals surface area contributed by atoms with Crippen LogP contribution < -0.4 is 5.32 Å². The van der Waals surface area contributed by atoms with E-state index >= 15 is 0 Å². The number of hydrogen-bond acceptors (Lipinski definition) is 3. The fourth-order valence-corrected chi connectivity index (χ4v) is 1.56. The van der Waals surface area contributed by atoms with Crippen LogP contribution in [0.2, 0.25) is 0 Å². The Labute approximate surface area is 87.2 Å². The summed E-state index contributed by atoms with van der Waals surface area (Å²) in [5.74, 6) is 0.219.